The molecule has 0 spiro atoms. The minimum Gasteiger partial charge on any atom is -0.390 e. The number of ether oxygens (including phenoxy) is 3. The number of methoxy groups -OCH3 is 3. The monoisotopic (exact) mass is 264 g/mol. The fourth-order valence-corrected chi connectivity index (χ4v) is 1.06. The van der Waals surface area contributed by atoms with Crippen LogP contribution in [-0.4, -0.2) is 50.9 Å². The van der Waals surface area contributed by atoms with Crippen molar-refractivity contribution in [2.24, 2.45) is 0 Å². The van der Waals surface area contributed by atoms with Gasteiger partial charge in [-0.25, -0.2) is 0 Å². The van der Waals surface area contributed by atoms with Crippen molar-refractivity contribution >= 4 is 0 Å². The van der Waals surface area contributed by atoms with Crippen LogP contribution >= 0.6 is 0 Å². The molecule has 112 valence electrons. The summed E-state index contributed by atoms with van der Waals surface area (Å²) in [6, 6.07) is 0. The van der Waals surface area contributed by atoms with Gasteiger partial charge in [0.15, 0.2) is 0 Å². The molecular weight excluding hydrogens is 232 g/mol. The fraction of sp³-hybridized carbons (Fsp3) is 1.00. The summed E-state index contributed by atoms with van der Waals surface area (Å²) in [7, 11) is 5.08. The molecule has 0 radical (unpaired) electrons. The van der Waals surface area contributed by atoms with Crippen LogP contribution in [0.5, 0.6) is 0 Å². The average Bonchev–Trinajstić information content (AvgIpc) is 2.28. The zero-order valence-electron chi connectivity index (χ0n) is 13.2. The van der Waals surface area contributed by atoms with Gasteiger partial charge in [0.05, 0.1) is 11.2 Å². The van der Waals surface area contributed by atoms with Crippen molar-refractivity contribution in [2.45, 2.75) is 58.2 Å². The highest BCUT2D eigenvalue weighted by Crippen LogP contribution is 2.20. The molecule has 0 atom stereocenters. The molecule has 0 aromatic heterocycles. The van der Waals surface area contributed by atoms with E-state index in [9.17, 15) is 5.11 Å². The van der Waals surface area contributed by atoms with Crippen LogP contribution < -0.4 is 0 Å². The maximum Gasteiger partial charge on any atom is 0.0623 e. The normalized spacial score (nSPS) is 12.0. The third-order valence-corrected chi connectivity index (χ3v) is 2.59. The molecule has 0 aliphatic rings. The highest BCUT2D eigenvalue weighted by molar-refractivity contribution is 4.74. The summed E-state index contributed by atoms with van der Waals surface area (Å²) < 4.78 is 14.7. The Bertz CT molecular complexity index is 169. The molecular formula is C14H32O4. The maximum atomic E-state index is 9.42. The molecule has 0 aromatic carbocycles. The van der Waals surface area contributed by atoms with Crippen LogP contribution in [0, 0.1) is 0 Å². The molecule has 0 saturated heterocycles. The Labute approximate surface area is 113 Å². The van der Waals surface area contributed by atoms with Crippen molar-refractivity contribution in [2.75, 3.05) is 34.5 Å². The third kappa shape index (κ3) is 18.2. The Balaban J connectivity index is 0. The molecule has 0 aromatic rings. The van der Waals surface area contributed by atoms with Gasteiger partial charge in [-0.05, 0) is 47.0 Å². The summed E-state index contributed by atoms with van der Waals surface area (Å²) in [6.07, 6.45) is 2.65. The summed E-state index contributed by atoms with van der Waals surface area (Å²) in [5.41, 5.74) is -0.685. The Kier molecular flexibility index (Phi) is 12.0. The number of hydrogen-bond acceptors (Lipinski definition) is 4. The highest BCUT2D eigenvalue weighted by Gasteiger charge is 2.21. The van der Waals surface area contributed by atoms with E-state index < -0.39 is 5.60 Å². The van der Waals surface area contributed by atoms with E-state index in [4.69, 9.17) is 14.2 Å². The Morgan fingerprint density at radius 1 is 0.833 bits per heavy atom. The predicted molar refractivity (Wildman–Crippen MR) is 75.0 cm³/mol. The first kappa shape index (κ1) is 20.2. The zero-order valence-corrected chi connectivity index (χ0v) is 13.2. The van der Waals surface area contributed by atoms with Crippen molar-refractivity contribution in [3.63, 3.8) is 0 Å². The molecule has 4 heteroatoms. The molecule has 0 amide bonds. The fourth-order valence-electron chi connectivity index (χ4n) is 1.06. The van der Waals surface area contributed by atoms with Gasteiger partial charge in [-0.3, -0.25) is 0 Å². The molecule has 0 aliphatic heterocycles. The van der Waals surface area contributed by atoms with E-state index >= 15 is 0 Å². The maximum absolute atomic E-state index is 9.42. The van der Waals surface area contributed by atoms with Crippen LogP contribution in [0.3, 0.4) is 0 Å². The minimum atomic E-state index is -0.574. The number of hydrogen-bond donors (Lipinski definition) is 1. The lowest BCUT2D eigenvalue weighted by Crippen LogP contribution is -2.28. The van der Waals surface area contributed by atoms with Gasteiger partial charge in [0.1, 0.15) is 0 Å². The summed E-state index contributed by atoms with van der Waals surface area (Å²) in [5.74, 6) is 0. The smallest absolute Gasteiger partial charge is 0.0623 e. The lowest BCUT2D eigenvalue weighted by molar-refractivity contribution is -0.0132. The minimum absolute atomic E-state index is 0.111. The molecule has 18 heavy (non-hydrogen) atoms. The standard InChI is InChI=1S/C9H20O2.C5H12O2/c1-8(2,10)6-7-9(3,4)11-5;1-6-4-3-5-7-2/h10H,6-7H2,1-5H3;3-5H2,1-2H3. The van der Waals surface area contributed by atoms with Crippen LogP contribution in [0.25, 0.3) is 0 Å². The molecule has 0 unspecified atom stereocenters. The van der Waals surface area contributed by atoms with E-state index in [1.165, 1.54) is 0 Å². The second-order valence-corrected chi connectivity index (χ2v) is 5.62. The topological polar surface area (TPSA) is 47.9 Å². The van der Waals surface area contributed by atoms with E-state index in [0.717, 1.165) is 32.5 Å². The SMILES string of the molecule is COC(C)(C)CCC(C)(C)O.COCCCOC. The second kappa shape index (κ2) is 10.7. The van der Waals surface area contributed by atoms with Crippen molar-refractivity contribution in [3.8, 4) is 0 Å². The average molecular weight is 264 g/mol. The molecule has 0 fully saturated rings. The number of rotatable bonds is 8. The largest absolute Gasteiger partial charge is 0.390 e. The van der Waals surface area contributed by atoms with Gasteiger partial charge in [-0.2, -0.15) is 0 Å². The van der Waals surface area contributed by atoms with Gasteiger partial charge in [-0.1, -0.05) is 0 Å². The number of aliphatic hydroxyl groups is 1. The lowest BCUT2D eigenvalue weighted by Gasteiger charge is -2.26. The van der Waals surface area contributed by atoms with Crippen molar-refractivity contribution in [3.05, 3.63) is 0 Å². The van der Waals surface area contributed by atoms with Gasteiger partial charge in [0, 0.05) is 34.5 Å². The third-order valence-electron chi connectivity index (χ3n) is 2.59. The highest BCUT2D eigenvalue weighted by atomic mass is 16.5. The van der Waals surface area contributed by atoms with Crippen LogP contribution in [0.15, 0.2) is 0 Å². The Morgan fingerprint density at radius 3 is 1.56 bits per heavy atom. The van der Waals surface area contributed by atoms with Gasteiger partial charge in [-0.15, -0.1) is 0 Å². The van der Waals surface area contributed by atoms with Gasteiger partial charge < -0.3 is 19.3 Å². The summed E-state index contributed by atoms with van der Waals surface area (Å²) in [4.78, 5) is 0. The van der Waals surface area contributed by atoms with Crippen LogP contribution in [0.2, 0.25) is 0 Å². The molecule has 0 aliphatic carbocycles. The molecule has 0 saturated carbocycles. The predicted octanol–water partition coefficient (Wildman–Crippen LogP) is 2.63. The van der Waals surface area contributed by atoms with Gasteiger partial charge in [0.25, 0.3) is 0 Å². The summed E-state index contributed by atoms with van der Waals surface area (Å²) in [5, 5.41) is 9.42. The van der Waals surface area contributed by atoms with Crippen LogP contribution in [-0.2, 0) is 14.2 Å². The summed E-state index contributed by atoms with van der Waals surface area (Å²) >= 11 is 0. The van der Waals surface area contributed by atoms with E-state index in [1.54, 1.807) is 21.3 Å². The summed E-state index contributed by atoms with van der Waals surface area (Å²) in [6.45, 7) is 9.29. The molecule has 0 bridgehead atoms. The first-order valence-electron chi connectivity index (χ1n) is 6.44. The second-order valence-electron chi connectivity index (χ2n) is 5.62. The lowest BCUT2D eigenvalue weighted by atomic mass is 9.94. The van der Waals surface area contributed by atoms with E-state index in [1.807, 2.05) is 27.7 Å². The van der Waals surface area contributed by atoms with Crippen molar-refractivity contribution < 1.29 is 19.3 Å². The van der Waals surface area contributed by atoms with Crippen LogP contribution in [0.4, 0.5) is 0 Å². The van der Waals surface area contributed by atoms with E-state index in [-0.39, 0.29) is 5.60 Å². The first-order chi connectivity index (χ1) is 8.18. The molecule has 4 nitrogen and oxygen atoms in total. The van der Waals surface area contributed by atoms with Gasteiger partial charge >= 0.3 is 0 Å². The van der Waals surface area contributed by atoms with E-state index in [2.05, 4.69) is 0 Å². The van der Waals surface area contributed by atoms with Crippen molar-refractivity contribution in [1.29, 1.82) is 0 Å². The van der Waals surface area contributed by atoms with Gasteiger partial charge in [0.2, 0.25) is 0 Å². The Hall–Kier alpha value is -0.160. The zero-order chi connectivity index (χ0) is 14.7. The quantitative estimate of drug-likeness (QED) is 0.685. The first-order valence-corrected chi connectivity index (χ1v) is 6.44. The van der Waals surface area contributed by atoms with Crippen molar-refractivity contribution in [1.82, 2.24) is 0 Å². The molecule has 0 rings (SSSR count). The molecule has 0 heterocycles. The Morgan fingerprint density at radius 2 is 1.28 bits per heavy atom. The van der Waals surface area contributed by atoms with Crippen LogP contribution in [0.1, 0.15) is 47.0 Å². The molecule has 1 N–H and O–H groups in total. The van der Waals surface area contributed by atoms with E-state index in [0.29, 0.717) is 0 Å².